The molecule has 0 N–H and O–H groups in total. The molecule has 1 unspecified atom stereocenters. The standard InChI is InChI=1S/C20H25F2N3/c1-2-20-23-11-16(12-24-20)14-25-10-4-5-15(13-25)8-9-17-18(21)6-3-7-19(17)22/h3,6-7,11-12,15H,2,4-5,8-10,13-14H2,1H3. The van der Waals surface area contributed by atoms with Crippen molar-refractivity contribution in [1.82, 2.24) is 14.9 Å². The van der Waals surface area contributed by atoms with Gasteiger partial charge in [0.15, 0.2) is 0 Å². The fourth-order valence-electron chi connectivity index (χ4n) is 3.55. The maximum Gasteiger partial charge on any atom is 0.129 e. The molecule has 5 heteroatoms. The fourth-order valence-corrected chi connectivity index (χ4v) is 3.55. The summed E-state index contributed by atoms with van der Waals surface area (Å²) in [7, 11) is 0. The average Bonchev–Trinajstić information content (AvgIpc) is 2.62. The zero-order valence-electron chi connectivity index (χ0n) is 14.7. The van der Waals surface area contributed by atoms with E-state index in [1.54, 1.807) is 0 Å². The van der Waals surface area contributed by atoms with Gasteiger partial charge in [-0.15, -0.1) is 0 Å². The Labute approximate surface area is 148 Å². The van der Waals surface area contributed by atoms with Crippen LogP contribution in [0.15, 0.2) is 30.6 Å². The highest BCUT2D eigenvalue weighted by Crippen LogP contribution is 2.24. The van der Waals surface area contributed by atoms with Gasteiger partial charge in [0.25, 0.3) is 0 Å². The highest BCUT2D eigenvalue weighted by atomic mass is 19.1. The Morgan fingerprint density at radius 2 is 1.88 bits per heavy atom. The molecule has 1 aromatic carbocycles. The van der Waals surface area contributed by atoms with Crippen molar-refractivity contribution in [2.24, 2.45) is 5.92 Å². The monoisotopic (exact) mass is 345 g/mol. The lowest BCUT2D eigenvalue weighted by Crippen LogP contribution is -2.35. The molecule has 134 valence electrons. The number of aryl methyl sites for hydroxylation is 1. The molecule has 0 aliphatic carbocycles. The first kappa shape index (κ1) is 17.9. The molecule has 1 atom stereocenters. The number of hydrogen-bond donors (Lipinski definition) is 0. The van der Waals surface area contributed by atoms with Crippen LogP contribution in [0, 0.1) is 17.6 Å². The molecule has 0 amide bonds. The van der Waals surface area contributed by atoms with E-state index >= 15 is 0 Å². The molecule has 3 rings (SSSR count). The van der Waals surface area contributed by atoms with E-state index in [4.69, 9.17) is 0 Å². The lowest BCUT2D eigenvalue weighted by atomic mass is 9.91. The minimum atomic E-state index is -0.430. The van der Waals surface area contributed by atoms with Crippen LogP contribution in [-0.4, -0.2) is 28.0 Å². The van der Waals surface area contributed by atoms with E-state index in [0.717, 1.165) is 56.7 Å². The van der Waals surface area contributed by atoms with Crippen molar-refractivity contribution in [3.63, 3.8) is 0 Å². The van der Waals surface area contributed by atoms with Gasteiger partial charge < -0.3 is 0 Å². The Morgan fingerprint density at radius 3 is 2.56 bits per heavy atom. The van der Waals surface area contributed by atoms with E-state index in [2.05, 4.69) is 14.9 Å². The first-order valence-corrected chi connectivity index (χ1v) is 9.10. The lowest BCUT2D eigenvalue weighted by molar-refractivity contribution is 0.161. The minimum absolute atomic E-state index is 0.225. The normalized spacial score (nSPS) is 18.4. The van der Waals surface area contributed by atoms with Gasteiger partial charge in [0.2, 0.25) is 0 Å². The van der Waals surface area contributed by atoms with Crippen LogP contribution >= 0.6 is 0 Å². The van der Waals surface area contributed by atoms with Crippen LogP contribution < -0.4 is 0 Å². The molecule has 2 heterocycles. The topological polar surface area (TPSA) is 29.0 Å². The van der Waals surface area contributed by atoms with Gasteiger partial charge in [0, 0.05) is 43.0 Å². The third kappa shape index (κ3) is 4.82. The molecular weight excluding hydrogens is 320 g/mol. The second kappa shape index (κ2) is 8.48. The summed E-state index contributed by atoms with van der Waals surface area (Å²) >= 11 is 0. The SMILES string of the molecule is CCc1ncc(CN2CCCC(CCc3c(F)cccc3F)C2)cn1. The van der Waals surface area contributed by atoms with E-state index in [1.165, 1.54) is 18.2 Å². The van der Waals surface area contributed by atoms with Crippen LogP contribution in [0.4, 0.5) is 8.78 Å². The van der Waals surface area contributed by atoms with Crippen LogP contribution in [0.2, 0.25) is 0 Å². The second-order valence-electron chi connectivity index (χ2n) is 6.84. The quantitative estimate of drug-likeness (QED) is 0.787. The van der Waals surface area contributed by atoms with Crippen molar-refractivity contribution >= 4 is 0 Å². The molecule has 1 aromatic heterocycles. The first-order chi connectivity index (χ1) is 12.2. The Morgan fingerprint density at radius 1 is 1.16 bits per heavy atom. The zero-order chi connectivity index (χ0) is 17.6. The highest BCUT2D eigenvalue weighted by molar-refractivity contribution is 5.19. The van der Waals surface area contributed by atoms with Gasteiger partial charge in [0.1, 0.15) is 17.5 Å². The molecule has 0 radical (unpaired) electrons. The van der Waals surface area contributed by atoms with Crippen LogP contribution in [0.25, 0.3) is 0 Å². The Balaban J connectivity index is 1.54. The van der Waals surface area contributed by atoms with Crippen molar-refractivity contribution in [3.05, 3.63) is 59.2 Å². The maximum atomic E-state index is 13.8. The fraction of sp³-hybridized carbons (Fsp3) is 0.500. The van der Waals surface area contributed by atoms with Crippen LogP contribution in [0.3, 0.4) is 0 Å². The van der Waals surface area contributed by atoms with Gasteiger partial charge in [-0.3, -0.25) is 4.90 Å². The van der Waals surface area contributed by atoms with Crippen molar-refractivity contribution in [2.75, 3.05) is 13.1 Å². The van der Waals surface area contributed by atoms with Crippen molar-refractivity contribution in [2.45, 2.75) is 45.6 Å². The van der Waals surface area contributed by atoms with Gasteiger partial charge in [-0.05, 0) is 50.3 Å². The van der Waals surface area contributed by atoms with Gasteiger partial charge in [-0.1, -0.05) is 13.0 Å². The molecule has 25 heavy (non-hydrogen) atoms. The summed E-state index contributed by atoms with van der Waals surface area (Å²) in [5.41, 5.74) is 1.35. The number of likely N-dealkylation sites (tertiary alicyclic amines) is 1. The molecule has 0 bridgehead atoms. The summed E-state index contributed by atoms with van der Waals surface area (Å²) in [5.74, 6) is 0.484. The smallest absolute Gasteiger partial charge is 0.129 e. The molecule has 1 aliphatic rings. The maximum absolute atomic E-state index is 13.8. The van der Waals surface area contributed by atoms with Gasteiger partial charge in [-0.2, -0.15) is 0 Å². The number of nitrogens with zero attached hydrogens (tertiary/aromatic N) is 3. The Kier molecular flexibility index (Phi) is 6.08. The van der Waals surface area contributed by atoms with E-state index in [-0.39, 0.29) is 5.56 Å². The summed E-state index contributed by atoms with van der Waals surface area (Å²) in [6.45, 7) is 4.91. The van der Waals surface area contributed by atoms with Crippen molar-refractivity contribution < 1.29 is 8.78 Å². The van der Waals surface area contributed by atoms with Crippen LogP contribution in [0.1, 0.15) is 43.1 Å². The zero-order valence-corrected chi connectivity index (χ0v) is 14.7. The largest absolute Gasteiger partial charge is 0.299 e. The lowest BCUT2D eigenvalue weighted by Gasteiger charge is -2.32. The Bertz CT molecular complexity index is 668. The molecule has 2 aromatic rings. The van der Waals surface area contributed by atoms with Crippen molar-refractivity contribution in [1.29, 1.82) is 0 Å². The third-order valence-electron chi connectivity index (χ3n) is 4.95. The van der Waals surface area contributed by atoms with E-state index in [1.807, 2.05) is 19.3 Å². The summed E-state index contributed by atoms with van der Waals surface area (Å²) in [5, 5.41) is 0. The summed E-state index contributed by atoms with van der Waals surface area (Å²) in [4.78, 5) is 11.1. The predicted octanol–water partition coefficient (Wildman–Crippen LogP) is 4.16. The Hall–Kier alpha value is -1.88. The predicted molar refractivity (Wildman–Crippen MR) is 94.1 cm³/mol. The molecule has 1 fully saturated rings. The van der Waals surface area contributed by atoms with E-state index in [9.17, 15) is 8.78 Å². The number of halogens is 2. The summed E-state index contributed by atoms with van der Waals surface area (Å²) in [6.07, 6.45) is 8.19. The molecule has 0 spiro atoms. The second-order valence-corrected chi connectivity index (χ2v) is 6.84. The van der Waals surface area contributed by atoms with E-state index < -0.39 is 11.6 Å². The number of benzene rings is 1. The first-order valence-electron chi connectivity index (χ1n) is 9.10. The molecule has 3 nitrogen and oxygen atoms in total. The molecule has 1 saturated heterocycles. The van der Waals surface area contributed by atoms with Gasteiger partial charge in [-0.25, -0.2) is 18.7 Å². The molecule has 1 aliphatic heterocycles. The summed E-state index contributed by atoms with van der Waals surface area (Å²) in [6, 6.07) is 4.10. The van der Waals surface area contributed by atoms with Crippen molar-refractivity contribution in [3.8, 4) is 0 Å². The average molecular weight is 345 g/mol. The number of rotatable bonds is 6. The minimum Gasteiger partial charge on any atom is -0.299 e. The third-order valence-corrected chi connectivity index (χ3v) is 4.95. The molecule has 0 saturated carbocycles. The van der Waals surface area contributed by atoms with Gasteiger partial charge >= 0.3 is 0 Å². The number of aromatic nitrogens is 2. The summed E-state index contributed by atoms with van der Waals surface area (Å²) < 4.78 is 27.5. The number of piperidine rings is 1. The highest BCUT2D eigenvalue weighted by Gasteiger charge is 2.21. The number of hydrogen-bond acceptors (Lipinski definition) is 3. The van der Waals surface area contributed by atoms with E-state index in [0.29, 0.717) is 12.3 Å². The molecular formula is C20H25F2N3. The van der Waals surface area contributed by atoms with Gasteiger partial charge in [0.05, 0.1) is 0 Å². The van der Waals surface area contributed by atoms with Crippen LogP contribution in [-0.2, 0) is 19.4 Å². The van der Waals surface area contributed by atoms with Crippen LogP contribution in [0.5, 0.6) is 0 Å².